The van der Waals surface area contributed by atoms with E-state index in [0.29, 0.717) is 6.54 Å². The summed E-state index contributed by atoms with van der Waals surface area (Å²) >= 11 is 0. The molecule has 0 saturated heterocycles. The van der Waals surface area contributed by atoms with Crippen molar-refractivity contribution >= 4 is 5.91 Å². The quantitative estimate of drug-likeness (QED) is 0.742. The molecule has 25 heavy (non-hydrogen) atoms. The van der Waals surface area contributed by atoms with E-state index in [-0.39, 0.29) is 5.91 Å². The maximum atomic E-state index is 12.2. The maximum absolute atomic E-state index is 12.2. The Labute approximate surface area is 150 Å². The molecule has 4 heteroatoms. The molecule has 0 aromatic heterocycles. The molecule has 0 spiro atoms. The first-order chi connectivity index (χ1) is 12.0. The Bertz CT molecular complexity index is 712. The molecule has 4 nitrogen and oxygen atoms in total. The monoisotopic (exact) mass is 341 g/mol. The van der Waals surface area contributed by atoms with Crippen molar-refractivity contribution in [3.63, 3.8) is 0 Å². The lowest BCUT2D eigenvalue weighted by atomic mass is 10.1. The van der Waals surface area contributed by atoms with Gasteiger partial charge in [-0.1, -0.05) is 24.3 Å². The normalized spacial score (nSPS) is 11.7. The average Bonchev–Trinajstić information content (AvgIpc) is 2.61. The second kappa shape index (κ2) is 9.11. The predicted octanol–water partition coefficient (Wildman–Crippen LogP) is 3.83. The topological polar surface area (TPSA) is 47.6 Å². The highest BCUT2D eigenvalue weighted by atomic mass is 16.5. The number of rotatable bonds is 8. The third kappa shape index (κ3) is 5.82. The Morgan fingerprint density at radius 2 is 1.96 bits per heavy atom. The molecule has 1 N–H and O–H groups in total. The van der Waals surface area contributed by atoms with Gasteiger partial charge in [0.2, 0.25) is 0 Å². The van der Waals surface area contributed by atoms with Crippen molar-refractivity contribution in [2.45, 2.75) is 39.7 Å². The van der Waals surface area contributed by atoms with Crippen molar-refractivity contribution in [1.29, 1.82) is 0 Å². The van der Waals surface area contributed by atoms with Gasteiger partial charge in [0, 0.05) is 6.54 Å². The van der Waals surface area contributed by atoms with Gasteiger partial charge >= 0.3 is 0 Å². The van der Waals surface area contributed by atoms with E-state index in [4.69, 9.17) is 9.47 Å². The molecule has 0 fully saturated rings. The van der Waals surface area contributed by atoms with Crippen molar-refractivity contribution in [2.24, 2.45) is 0 Å². The van der Waals surface area contributed by atoms with E-state index >= 15 is 0 Å². The van der Waals surface area contributed by atoms with Crippen LogP contribution in [0, 0.1) is 13.8 Å². The summed E-state index contributed by atoms with van der Waals surface area (Å²) in [6.45, 7) is 6.39. The van der Waals surface area contributed by atoms with Gasteiger partial charge in [0.1, 0.15) is 11.5 Å². The van der Waals surface area contributed by atoms with Gasteiger partial charge in [-0.3, -0.25) is 4.79 Å². The Balaban J connectivity index is 1.76. The van der Waals surface area contributed by atoms with Gasteiger partial charge in [-0.15, -0.1) is 0 Å². The molecule has 1 amide bonds. The Morgan fingerprint density at radius 1 is 1.16 bits per heavy atom. The summed E-state index contributed by atoms with van der Waals surface area (Å²) < 4.78 is 11.0. The maximum Gasteiger partial charge on any atom is 0.260 e. The molecule has 0 aliphatic heterocycles. The van der Waals surface area contributed by atoms with Gasteiger partial charge in [0.15, 0.2) is 6.10 Å². The lowest BCUT2D eigenvalue weighted by molar-refractivity contribution is -0.127. The molecular weight excluding hydrogens is 314 g/mol. The molecule has 0 saturated carbocycles. The highest BCUT2D eigenvalue weighted by Crippen LogP contribution is 2.20. The van der Waals surface area contributed by atoms with Crippen LogP contribution in [0.15, 0.2) is 42.5 Å². The fourth-order valence-electron chi connectivity index (χ4n) is 2.55. The minimum atomic E-state index is -0.516. The Kier molecular flexibility index (Phi) is 6.87. The Hall–Kier alpha value is -2.49. The highest BCUT2D eigenvalue weighted by molar-refractivity contribution is 5.80. The molecule has 0 bridgehead atoms. The molecule has 0 unspecified atom stereocenters. The van der Waals surface area contributed by atoms with Crippen LogP contribution in [0.5, 0.6) is 11.5 Å². The second-order valence-electron chi connectivity index (χ2n) is 6.28. The van der Waals surface area contributed by atoms with Crippen molar-refractivity contribution < 1.29 is 14.3 Å². The minimum absolute atomic E-state index is 0.0912. The number of hydrogen-bond donors (Lipinski definition) is 1. The number of benzene rings is 2. The third-order valence-electron chi connectivity index (χ3n) is 4.09. The number of nitrogens with one attached hydrogen (secondary N) is 1. The van der Waals surface area contributed by atoms with Crippen LogP contribution in [0.2, 0.25) is 0 Å². The van der Waals surface area contributed by atoms with E-state index < -0.39 is 6.10 Å². The van der Waals surface area contributed by atoms with E-state index in [9.17, 15) is 4.79 Å². The summed E-state index contributed by atoms with van der Waals surface area (Å²) in [6, 6.07) is 14.0. The number of hydrogen-bond acceptors (Lipinski definition) is 3. The van der Waals surface area contributed by atoms with Gasteiger partial charge in [0.05, 0.1) is 7.11 Å². The number of carbonyl (C=O) groups is 1. The van der Waals surface area contributed by atoms with Crippen LogP contribution in [0.4, 0.5) is 0 Å². The largest absolute Gasteiger partial charge is 0.497 e. The summed E-state index contributed by atoms with van der Waals surface area (Å²) in [6.07, 6.45) is 1.25. The summed E-state index contributed by atoms with van der Waals surface area (Å²) in [4.78, 5) is 12.2. The van der Waals surface area contributed by atoms with Gasteiger partial charge in [-0.05, 0) is 68.5 Å². The van der Waals surface area contributed by atoms with E-state index in [1.165, 1.54) is 5.56 Å². The van der Waals surface area contributed by atoms with Crippen molar-refractivity contribution in [1.82, 2.24) is 5.32 Å². The fourth-order valence-corrected chi connectivity index (χ4v) is 2.55. The number of aryl methyl sites for hydroxylation is 3. The predicted molar refractivity (Wildman–Crippen MR) is 100 cm³/mol. The standard InChI is InChI=1S/C21H27NO3/c1-15-10-11-16(2)20(13-15)25-17(3)21(23)22-12-6-8-18-7-5-9-19(14-18)24-4/h5,7,9-11,13-14,17H,6,8,12H2,1-4H3,(H,22,23)/t17-/m0/s1. The van der Waals surface area contributed by atoms with Crippen LogP contribution < -0.4 is 14.8 Å². The van der Waals surface area contributed by atoms with E-state index in [1.807, 2.05) is 50.2 Å². The van der Waals surface area contributed by atoms with Crippen LogP contribution in [-0.2, 0) is 11.2 Å². The summed E-state index contributed by atoms with van der Waals surface area (Å²) in [7, 11) is 1.66. The molecule has 2 aromatic rings. The van der Waals surface area contributed by atoms with Crippen molar-refractivity contribution in [2.75, 3.05) is 13.7 Å². The molecule has 2 aromatic carbocycles. The highest BCUT2D eigenvalue weighted by Gasteiger charge is 2.15. The third-order valence-corrected chi connectivity index (χ3v) is 4.09. The molecule has 0 heterocycles. The van der Waals surface area contributed by atoms with Crippen molar-refractivity contribution in [3.05, 3.63) is 59.2 Å². The molecule has 1 atom stereocenters. The zero-order chi connectivity index (χ0) is 18.2. The summed E-state index contributed by atoms with van der Waals surface area (Å²) in [5.74, 6) is 1.53. The first-order valence-electron chi connectivity index (χ1n) is 8.64. The van der Waals surface area contributed by atoms with Gasteiger partial charge < -0.3 is 14.8 Å². The Morgan fingerprint density at radius 3 is 2.72 bits per heavy atom. The van der Waals surface area contributed by atoms with Crippen LogP contribution >= 0.6 is 0 Å². The SMILES string of the molecule is COc1cccc(CCCNC(=O)[C@H](C)Oc2cc(C)ccc2C)c1. The lowest BCUT2D eigenvalue weighted by Crippen LogP contribution is -2.37. The minimum Gasteiger partial charge on any atom is -0.497 e. The van der Waals surface area contributed by atoms with E-state index in [2.05, 4.69) is 11.4 Å². The van der Waals surface area contributed by atoms with Crippen LogP contribution in [0.3, 0.4) is 0 Å². The zero-order valence-corrected chi connectivity index (χ0v) is 15.5. The molecule has 0 radical (unpaired) electrons. The molecule has 0 aliphatic carbocycles. The number of amides is 1. The molecule has 2 rings (SSSR count). The molecular formula is C21H27NO3. The van der Waals surface area contributed by atoms with E-state index in [0.717, 1.165) is 35.5 Å². The average molecular weight is 341 g/mol. The van der Waals surface area contributed by atoms with Crippen LogP contribution in [0.1, 0.15) is 30.0 Å². The first-order valence-corrected chi connectivity index (χ1v) is 8.64. The second-order valence-corrected chi connectivity index (χ2v) is 6.28. The summed E-state index contributed by atoms with van der Waals surface area (Å²) in [5, 5.41) is 2.94. The molecule has 0 aliphatic rings. The van der Waals surface area contributed by atoms with Crippen LogP contribution in [0.25, 0.3) is 0 Å². The van der Waals surface area contributed by atoms with Gasteiger partial charge in [-0.25, -0.2) is 0 Å². The van der Waals surface area contributed by atoms with Gasteiger partial charge in [-0.2, -0.15) is 0 Å². The zero-order valence-electron chi connectivity index (χ0n) is 15.5. The lowest BCUT2D eigenvalue weighted by Gasteiger charge is -2.16. The number of carbonyl (C=O) groups excluding carboxylic acids is 1. The van der Waals surface area contributed by atoms with Gasteiger partial charge in [0.25, 0.3) is 5.91 Å². The summed E-state index contributed by atoms with van der Waals surface area (Å²) in [5.41, 5.74) is 3.35. The number of ether oxygens (including phenoxy) is 2. The fraction of sp³-hybridized carbons (Fsp3) is 0.381. The molecule has 134 valence electrons. The van der Waals surface area contributed by atoms with E-state index in [1.54, 1.807) is 14.0 Å². The van der Waals surface area contributed by atoms with Crippen molar-refractivity contribution in [3.8, 4) is 11.5 Å². The number of methoxy groups -OCH3 is 1. The first kappa shape index (κ1) is 18.8. The van der Waals surface area contributed by atoms with Crippen LogP contribution in [-0.4, -0.2) is 25.7 Å². The smallest absolute Gasteiger partial charge is 0.260 e.